The second kappa shape index (κ2) is 6.39. The van der Waals surface area contributed by atoms with Crippen molar-refractivity contribution >= 4 is 27.2 Å². The summed E-state index contributed by atoms with van der Waals surface area (Å²) in [4.78, 5) is 0.303. The van der Waals surface area contributed by atoms with E-state index >= 15 is 0 Å². The summed E-state index contributed by atoms with van der Waals surface area (Å²) >= 11 is 4.87. The Kier molecular flexibility index (Phi) is 4.98. The highest BCUT2D eigenvalue weighted by atomic mass is 32.2. The number of benzene rings is 1. The number of nitrogens with one attached hydrogen (secondary N) is 1. The Morgan fingerprint density at radius 1 is 1.33 bits per heavy atom. The second-order valence-corrected chi connectivity index (χ2v) is 7.76. The normalized spacial score (nSPS) is 18.3. The van der Waals surface area contributed by atoms with E-state index < -0.39 is 15.6 Å². The Hall–Kier alpha value is -1.02. The lowest BCUT2D eigenvalue weighted by molar-refractivity contribution is 0.0537. The summed E-state index contributed by atoms with van der Waals surface area (Å²) < 4.78 is 32.7. The Labute approximate surface area is 130 Å². The largest absolute Gasteiger partial charge is 0.389 e. The van der Waals surface area contributed by atoms with Gasteiger partial charge in [-0.2, -0.15) is 0 Å². The summed E-state index contributed by atoms with van der Waals surface area (Å²) in [6.07, 6.45) is 1.37. The van der Waals surface area contributed by atoms with Crippen molar-refractivity contribution in [2.75, 3.05) is 13.2 Å². The van der Waals surface area contributed by atoms with Crippen LogP contribution < -0.4 is 10.5 Å². The zero-order valence-corrected chi connectivity index (χ0v) is 13.6. The molecule has 0 radical (unpaired) electrons. The van der Waals surface area contributed by atoms with Crippen LogP contribution in [0.1, 0.15) is 30.9 Å². The molecule has 0 saturated carbocycles. The van der Waals surface area contributed by atoms with Gasteiger partial charge in [-0.15, -0.1) is 0 Å². The Balaban J connectivity index is 2.04. The molecule has 5 nitrogen and oxygen atoms in total. The molecule has 1 aliphatic heterocycles. The van der Waals surface area contributed by atoms with Gasteiger partial charge in [0, 0.05) is 24.3 Å². The van der Waals surface area contributed by atoms with E-state index in [1.807, 2.05) is 6.92 Å². The topological polar surface area (TPSA) is 81.4 Å². The first kappa shape index (κ1) is 16.4. The Morgan fingerprint density at radius 3 is 2.43 bits per heavy atom. The second-order valence-electron chi connectivity index (χ2n) is 5.60. The molecule has 1 fully saturated rings. The van der Waals surface area contributed by atoms with Gasteiger partial charge in [-0.3, -0.25) is 0 Å². The van der Waals surface area contributed by atoms with Crippen LogP contribution in [0.15, 0.2) is 24.3 Å². The summed E-state index contributed by atoms with van der Waals surface area (Å²) in [5, 5.41) is 0. The summed E-state index contributed by atoms with van der Waals surface area (Å²) in [7, 11) is -3.40. The zero-order valence-electron chi connectivity index (χ0n) is 12.0. The fourth-order valence-electron chi connectivity index (χ4n) is 2.32. The van der Waals surface area contributed by atoms with E-state index in [-0.39, 0.29) is 5.75 Å². The van der Waals surface area contributed by atoms with E-state index in [9.17, 15) is 8.42 Å². The monoisotopic (exact) mass is 328 g/mol. The van der Waals surface area contributed by atoms with Crippen LogP contribution in [0, 0.1) is 0 Å². The molecule has 0 atom stereocenters. The molecule has 1 heterocycles. The maximum atomic E-state index is 12.3. The number of ether oxygens (including phenoxy) is 1. The summed E-state index contributed by atoms with van der Waals surface area (Å²) in [6.45, 7) is 3.09. The lowest BCUT2D eigenvalue weighted by Gasteiger charge is -2.34. The van der Waals surface area contributed by atoms with Crippen LogP contribution in [0.3, 0.4) is 0 Å². The molecule has 0 unspecified atom stereocenters. The first-order valence-electron chi connectivity index (χ1n) is 6.78. The van der Waals surface area contributed by atoms with Crippen molar-refractivity contribution in [3.63, 3.8) is 0 Å². The number of sulfonamides is 1. The van der Waals surface area contributed by atoms with Crippen LogP contribution in [0.2, 0.25) is 0 Å². The van der Waals surface area contributed by atoms with Crippen LogP contribution in [-0.2, 0) is 20.5 Å². The third-order valence-corrected chi connectivity index (χ3v) is 5.35. The lowest BCUT2D eigenvalue weighted by Crippen LogP contribution is -2.49. The maximum Gasteiger partial charge on any atom is 0.216 e. The van der Waals surface area contributed by atoms with Gasteiger partial charge < -0.3 is 10.5 Å². The molecule has 3 N–H and O–H groups in total. The van der Waals surface area contributed by atoms with Crippen LogP contribution in [0.4, 0.5) is 0 Å². The lowest BCUT2D eigenvalue weighted by atomic mass is 9.94. The van der Waals surface area contributed by atoms with Crippen LogP contribution in [0.25, 0.3) is 0 Å². The van der Waals surface area contributed by atoms with Crippen molar-refractivity contribution in [1.29, 1.82) is 0 Å². The van der Waals surface area contributed by atoms with Gasteiger partial charge in [0.1, 0.15) is 4.99 Å². The molecule has 0 bridgehead atoms. The molecule has 2 rings (SSSR count). The third kappa shape index (κ3) is 4.74. The van der Waals surface area contributed by atoms with Gasteiger partial charge in [0.05, 0.1) is 5.75 Å². The van der Waals surface area contributed by atoms with Gasteiger partial charge in [0.15, 0.2) is 0 Å². The van der Waals surface area contributed by atoms with E-state index in [0.29, 0.717) is 36.6 Å². The smallest absolute Gasteiger partial charge is 0.216 e. The van der Waals surface area contributed by atoms with Gasteiger partial charge in [-0.05, 0) is 25.3 Å². The molecule has 0 aliphatic carbocycles. The fraction of sp³-hybridized carbons (Fsp3) is 0.500. The van der Waals surface area contributed by atoms with Gasteiger partial charge in [0.2, 0.25) is 10.0 Å². The molecule has 1 aromatic rings. The van der Waals surface area contributed by atoms with E-state index in [0.717, 1.165) is 5.56 Å². The molecule has 0 amide bonds. The van der Waals surface area contributed by atoms with E-state index in [1.165, 1.54) is 0 Å². The van der Waals surface area contributed by atoms with E-state index in [1.54, 1.807) is 24.3 Å². The number of thiocarbonyl (C=S) groups is 1. The minimum atomic E-state index is -3.40. The molecular formula is C14H20N2O3S2. The Morgan fingerprint density at radius 2 is 1.90 bits per heavy atom. The van der Waals surface area contributed by atoms with Gasteiger partial charge in [-0.1, -0.05) is 36.5 Å². The van der Waals surface area contributed by atoms with Crippen molar-refractivity contribution in [2.45, 2.75) is 31.1 Å². The van der Waals surface area contributed by atoms with Gasteiger partial charge >= 0.3 is 0 Å². The highest BCUT2D eigenvalue weighted by Crippen LogP contribution is 2.21. The average Bonchev–Trinajstić information content (AvgIpc) is 2.38. The van der Waals surface area contributed by atoms with Crippen molar-refractivity contribution in [1.82, 2.24) is 4.72 Å². The van der Waals surface area contributed by atoms with Gasteiger partial charge in [-0.25, -0.2) is 13.1 Å². The fourth-order valence-corrected chi connectivity index (χ4v) is 4.11. The minimum Gasteiger partial charge on any atom is -0.389 e. The number of nitrogens with two attached hydrogens (primary N) is 1. The predicted molar refractivity (Wildman–Crippen MR) is 86.5 cm³/mol. The van der Waals surface area contributed by atoms with Crippen LogP contribution in [0.5, 0.6) is 0 Å². The maximum absolute atomic E-state index is 12.3. The number of hydrogen-bond donors (Lipinski definition) is 2. The first-order valence-corrected chi connectivity index (χ1v) is 8.84. The summed E-state index contributed by atoms with van der Waals surface area (Å²) in [6, 6.07) is 6.95. The minimum absolute atomic E-state index is 0.0545. The molecule has 7 heteroatoms. The molecule has 1 saturated heterocycles. The van der Waals surface area contributed by atoms with Crippen molar-refractivity contribution in [2.24, 2.45) is 5.73 Å². The van der Waals surface area contributed by atoms with Crippen molar-refractivity contribution < 1.29 is 13.2 Å². The molecule has 1 aliphatic rings. The zero-order chi connectivity index (χ0) is 15.5. The van der Waals surface area contributed by atoms with Gasteiger partial charge in [0.25, 0.3) is 0 Å². The molecular weight excluding hydrogens is 308 g/mol. The first-order chi connectivity index (χ1) is 9.80. The molecule has 116 valence electrons. The van der Waals surface area contributed by atoms with Crippen LogP contribution in [-0.4, -0.2) is 32.2 Å². The molecule has 1 aromatic carbocycles. The summed E-state index contributed by atoms with van der Waals surface area (Å²) in [5.41, 5.74) is 6.54. The number of hydrogen-bond acceptors (Lipinski definition) is 4. The van der Waals surface area contributed by atoms with E-state index in [2.05, 4.69) is 4.72 Å². The predicted octanol–water partition coefficient (Wildman–Crippen LogP) is 1.31. The standard InChI is InChI=1S/C14H20N2O3S2/c1-14(6-8-19-9-7-14)16-21(17,18)10-11-2-4-12(5-3-11)13(15)20/h2-5,16H,6-10H2,1H3,(H2,15,20). The third-order valence-electron chi connectivity index (χ3n) is 3.59. The quantitative estimate of drug-likeness (QED) is 0.797. The SMILES string of the molecule is CC1(NS(=O)(=O)Cc2ccc(C(N)=S)cc2)CCOCC1. The van der Waals surface area contributed by atoms with E-state index in [4.69, 9.17) is 22.7 Å². The highest BCUT2D eigenvalue weighted by Gasteiger charge is 2.31. The number of rotatable bonds is 5. The molecule has 0 aromatic heterocycles. The highest BCUT2D eigenvalue weighted by molar-refractivity contribution is 7.88. The van der Waals surface area contributed by atoms with Crippen LogP contribution >= 0.6 is 12.2 Å². The van der Waals surface area contributed by atoms with Crippen molar-refractivity contribution in [3.05, 3.63) is 35.4 Å². The Bertz CT molecular complexity index is 606. The van der Waals surface area contributed by atoms with Crippen molar-refractivity contribution in [3.8, 4) is 0 Å². The molecule has 21 heavy (non-hydrogen) atoms. The molecule has 0 spiro atoms. The average molecular weight is 328 g/mol. The summed E-state index contributed by atoms with van der Waals surface area (Å²) in [5.74, 6) is -0.0545.